The number of benzene rings is 2. The molecule has 0 unspecified atom stereocenters. The van der Waals surface area contributed by atoms with Crippen LogP contribution in [0.25, 0.3) is 0 Å². The highest BCUT2D eigenvalue weighted by molar-refractivity contribution is 9.10. The predicted octanol–water partition coefficient (Wildman–Crippen LogP) is 5.17. The zero-order valence-electron chi connectivity index (χ0n) is 15.7. The Balaban J connectivity index is 2.37. The van der Waals surface area contributed by atoms with Gasteiger partial charge in [0.25, 0.3) is 7.37 Å². The largest absolute Gasteiger partial charge is 0.378 e. The zero-order valence-corrected chi connectivity index (χ0v) is 18.2. The SMILES string of the molecule is CC(C)CCO[P@](=O)(c1ccc(N(C)C)cc1)[C@H](O)c1ccc(Br)cc1. The molecule has 0 aliphatic rings. The Morgan fingerprint density at radius 1 is 1.08 bits per heavy atom. The Hall–Kier alpha value is -1.13. The summed E-state index contributed by atoms with van der Waals surface area (Å²) in [5.74, 6) is -0.766. The molecule has 0 aliphatic heterocycles. The number of hydrogen-bond acceptors (Lipinski definition) is 4. The van der Waals surface area contributed by atoms with Gasteiger partial charge in [-0.25, -0.2) is 0 Å². The summed E-state index contributed by atoms with van der Waals surface area (Å²) >= 11 is 3.38. The molecule has 0 aliphatic carbocycles. The minimum absolute atomic E-state index is 0.345. The van der Waals surface area contributed by atoms with Crippen molar-refractivity contribution in [1.29, 1.82) is 0 Å². The molecule has 1 N–H and O–H groups in total. The Labute approximate surface area is 164 Å². The van der Waals surface area contributed by atoms with Gasteiger partial charge < -0.3 is 14.5 Å². The van der Waals surface area contributed by atoms with E-state index in [0.717, 1.165) is 16.6 Å². The lowest BCUT2D eigenvalue weighted by atomic mass is 10.2. The van der Waals surface area contributed by atoms with Crippen LogP contribution >= 0.6 is 23.3 Å². The first kappa shape index (κ1) is 21.2. The lowest BCUT2D eigenvalue weighted by molar-refractivity contribution is 0.209. The lowest BCUT2D eigenvalue weighted by Crippen LogP contribution is -2.16. The molecule has 0 amide bonds. The first-order chi connectivity index (χ1) is 12.2. The molecule has 4 nitrogen and oxygen atoms in total. The Bertz CT molecular complexity index is 745. The Morgan fingerprint density at radius 2 is 1.65 bits per heavy atom. The normalized spacial score (nSPS) is 14.9. The van der Waals surface area contributed by atoms with Crippen LogP contribution in [0.3, 0.4) is 0 Å². The van der Waals surface area contributed by atoms with Gasteiger partial charge in [-0.15, -0.1) is 0 Å². The second kappa shape index (κ2) is 9.18. The first-order valence-corrected chi connectivity index (χ1v) is 11.2. The topological polar surface area (TPSA) is 49.8 Å². The summed E-state index contributed by atoms with van der Waals surface area (Å²) in [4.78, 5) is 1.97. The van der Waals surface area contributed by atoms with Gasteiger partial charge >= 0.3 is 0 Å². The van der Waals surface area contributed by atoms with Gasteiger partial charge in [-0.2, -0.15) is 0 Å². The van der Waals surface area contributed by atoms with Crippen LogP contribution in [0.15, 0.2) is 53.0 Å². The van der Waals surface area contributed by atoms with E-state index < -0.39 is 13.2 Å². The zero-order chi connectivity index (χ0) is 19.3. The van der Waals surface area contributed by atoms with Gasteiger partial charge in [0.05, 0.1) is 6.61 Å². The van der Waals surface area contributed by atoms with Crippen molar-refractivity contribution in [2.75, 3.05) is 25.6 Å². The van der Waals surface area contributed by atoms with E-state index in [-0.39, 0.29) is 0 Å². The van der Waals surface area contributed by atoms with Gasteiger partial charge in [0.1, 0.15) is 0 Å². The molecule has 0 heterocycles. The minimum atomic E-state index is -3.48. The van der Waals surface area contributed by atoms with E-state index in [1.807, 2.05) is 43.3 Å². The highest BCUT2D eigenvalue weighted by atomic mass is 79.9. The van der Waals surface area contributed by atoms with Crippen molar-refractivity contribution in [2.24, 2.45) is 5.92 Å². The molecule has 0 bridgehead atoms. The number of hydrogen-bond donors (Lipinski definition) is 1. The van der Waals surface area contributed by atoms with Crippen LogP contribution in [0, 0.1) is 5.92 Å². The monoisotopic (exact) mass is 439 g/mol. The van der Waals surface area contributed by atoms with Crippen LogP contribution in [0.4, 0.5) is 5.69 Å². The lowest BCUT2D eigenvalue weighted by Gasteiger charge is -2.25. The van der Waals surface area contributed by atoms with E-state index >= 15 is 0 Å². The summed E-state index contributed by atoms with van der Waals surface area (Å²) in [6.45, 7) is 4.52. The number of anilines is 1. The minimum Gasteiger partial charge on any atom is -0.378 e. The van der Waals surface area contributed by atoms with Crippen LogP contribution in [0.5, 0.6) is 0 Å². The fourth-order valence-electron chi connectivity index (χ4n) is 2.50. The van der Waals surface area contributed by atoms with Crippen LogP contribution in [-0.4, -0.2) is 25.8 Å². The van der Waals surface area contributed by atoms with Crippen molar-refractivity contribution in [3.05, 3.63) is 58.6 Å². The predicted molar refractivity (Wildman–Crippen MR) is 113 cm³/mol. The van der Waals surface area contributed by atoms with E-state index in [2.05, 4.69) is 29.8 Å². The fraction of sp³-hybridized carbons (Fsp3) is 0.400. The fourth-order valence-corrected chi connectivity index (χ4v) is 4.84. The summed E-state index contributed by atoms with van der Waals surface area (Å²) in [6, 6.07) is 14.5. The molecule has 26 heavy (non-hydrogen) atoms. The van der Waals surface area contributed by atoms with E-state index in [1.54, 1.807) is 24.3 Å². The van der Waals surface area contributed by atoms with Gasteiger partial charge in [0.2, 0.25) is 0 Å². The molecule has 2 aromatic carbocycles. The number of halogens is 1. The maximum absolute atomic E-state index is 13.8. The van der Waals surface area contributed by atoms with E-state index in [0.29, 0.717) is 23.4 Å². The number of aliphatic hydroxyl groups excluding tert-OH is 1. The smallest absolute Gasteiger partial charge is 0.264 e. The van der Waals surface area contributed by atoms with Crippen LogP contribution in [0.2, 0.25) is 0 Å². The first-order valence-electron chi connectivity index (χ1n) is 8.70. The molecule has 0 radical (unpaired) electrons. The maximum atomic E-state index is 13.8. The van der Waals surface area contributed by atoms with E-state index in [9.17, 15) is 9.67 Å². The van der Waals surface area contributed by atoms with Crippen LogP contribution < -0.4 is 10.2 Å². The maximum Gasteiger partial charge on any atom is 0.264 e. The summed E-state index contributed by atoms with van der Waals surface area (Å²) in [5, 5.41) is 11.4. The number of nitrogens with zero attached hydrogens (tertiary/aromatic N) is 1. The summed E-state index contributed by atoms with van der Waals surface area (Å²) < 4.78 is 20.5. The average Bonchev–Trinajstić information content (AvgIpc) is 2.61. The van der Waals surface area contributed by atoms with Gasteiger partial charge in [-0.3, -0.25) is 4.57 Å². The molecular weight excluding hydrogens is 413 g/mol. The molecule has 2 atom stereocenters. The van der Waals surface area contributed by atoms with Gasteiger partial charge in [0, 0.05) is 29.6 Å². The third kappa shape index (κ3) is 5.20. The number of rotatable bonds is 8. The molecule has 0 spiro atoms. The van der Waals surface area contributed by atoms with Crippen molar-refractivity contribution >= 4 is 34.3 Å². The molecule has 0 saturated carbocycles. The highest BCUT2D eigenvalue weighted by Crippen LogP contribution is 2.57. The van der Waals surface area contributed by atoms with Crippen molar-refractivity contribution in [3.8, 4) is 0 Å². The van der Waals surface area contributed by atoms with E-state index in [1.165, 1.54) is 0 Å². The molecule has 2 rings (SSSR count). The Kier molecular flexibility index (Phi) is 7.48. The van der Waals surface area contributed by atoms with Crippen LogP contribution in [-0.2, 0) is 9.09 Å². The average molecular weight is 440 g/mol. The van der Waals surface area contributed by atoms with Crippen molar-refractivity contribution in [1.82, 2.24) is 0 Å². The molecule has 6 heteroatoms. The molecule has 0 saturated heterocycles. The van der Waals surface area contributed by atoms with Crippen LogP contribution in [0.1, 0.15) is 31.7 Å². The summed E-state index contributed by atoms with van der Waals surface area (Å²) in [5.41, 5.74) is 1.58. The van der Waals surface area contributed by atoms with E-state index in [4.69, 9.17) is 4.52 Å². The molecule has 0 aromatic heterocycles. The van der Waals surface area contributed by atoms with Crippen molar-refractivity contribution < 1.29 is 14.2 Å². The molecular formula is C20H27BrNO3P. The second-order valence-corrected chi connectivity index (χ2v) is 10.3. The quantitative estimate of drug-likeness (QED) is 0.576. The Morgan fingerprint density at radius 3 is 2.15 bits per heavy atom. The second-order valence-electron chi connectivity index (χ2n) is 6.95. The number of aliphatic hydroxyl groups is 1. The third-order valence-corrected chi connectivity index (χ3v) is 7.25. The summed E-state index contributed by atoms with van der Waals surface area (Å²) in [6.07, 6.45) is 0.785. The standard InChI is InChI=1S/C20H27BrNO3P/c1-15(2)13-14-25-26(24,19-11-9-18(10-12-19)22(3)4)20(23)16-5-7-17(21)8-6-16/h5-12,15,20,23H,13-14H2,1-4H3/t20-,26+/m0/s1. The van der Waals surface area contributed by atoms with Gasteiger partial charge in [0.15, 0.2) is 5.85 Å². The van der Waals surface area contributed by atoms with Gasteiger partial charge in [-0.1, -0.05) is 41.9 Å². The molecule has 142 valence electrons. The highest BCUT2D eigenvalue weighted by Gasteiger charge is 2.36. The van der Waals surface area contributed by atoms with Gasteiger partial charge in [-0.05, 0) is 54.3 Å². The molecule has 0 fully saturated rings. The summed E-state index contributed by atoms with van der Waals surface area (Å²) in [7, 11) is 0.413. The van der Waals surface area contributed by atoms with Crippen molar-refractivity contribution in [3.63, 3.8) is 0 Å². The van der Waals surface area contributed by atoms with Crippen molar-refractivity contribution in [2.45, 2.75) is 26.1 Å². The molecule has 2 aromatic rings. The third-order valence-electron chi connectivity index (χ3n) is 4.19.